The highest BCUT2D eigenvalue weighted by atomic mass is 19.4. The molecule has 2 aromatic rings. The van der Waals surface area contributed by atoms with Gasteiger partial charge in [0.2, 0.25) is 0 Å². The molecule has 0 unspecified atom stereocenters. The van der Waals surface area contributed by atoms with Crippen LogP contribution in [0.4, 0.5) is 23.7 Å². The smallest absolute Gasteiger partial charge is 0.416 e. The number of methoxy groups -OCH3 is 1. The summed E-state index contributed by atoms with van der Waals surface area (Å²) in [6, 6.07) is 11.6. The summed E-state index contributed by atoms with van der Waals surface area (Å²) in [6.07, 6.45) is -3.08. The molecule has 29 heavy (non-hydrogen) atoms. The van der Waals surface area contributed by atoms with Gasteiger partial charge in [0.05, 0.1) is 12.7 Å². The van der Waals surface area contributed by atoms with Crippen molar-refractivity contribution in [3.63, 3.8) is 0 Å². The van der Waals surface area contributed by atoms with Crippen LogP contribution in [0.2, 0.25) is 0 Å². The monoisotopic (exact) mass is 408 g/mol. The highest BCUT2D eigenvalue weighted by molar-refractivity contribution is 5.89. The molecular weight excluding hydrogens is 385 g/mol. The Hall–Kier alpha value is -2.74. The van der Waals surface area contributed by atoms with Crippen LogP contribution < -0.4 is 15.4 Å². The van der Waals surface area contributed by atoms with Crippen molar-refractivity contribution in [1.29, 1.82) is 0 Å². The van der Waals surface area contributed by atoms with Crippen molar-refractivity contribution >= 4 is 11.7 Å². The highest BCUT2D eigenvalue weighted by Gasteiger charge is 2.37. The first-order valence-corrected chi connectivity index (χ1v) is 9.27. The van der Waals surface area contributed by atoms with Gasteiger partial charge in [-0.25, -0.2) is 4.79 Å². The molecule has 0 bridgehead atoms. The summed E-state index contributed by atoms with van der Waals surface area (Å²) in [5.41, 5.74) is -0.137. The van der Waals surface area contributed by atoms with Crippen molar-refractivity contribution in [2.45, 2.75) is 24.4 Å². The van der Waals surface area contributed by atoms with Crippen molar-refractivity contribution in [2.24, 2.45) is 0 Å². The van der Waals surface area contributed by atoms with Gasteiger partial charge in [-0.2, -0.15) is 13.2 Å². The molecule has 1 aliphatic heterocycles. The normalized spacial score (nSPS) is 16.1. The Kier molecular flexibility index (Phi) is 6.32. The molecule has 1 saturated heterocycles. The Morgan fingerprint density at radius 3 is 2.55 bits per heavy atom. The number of hydrogen-bond donors (Lipinski definition) is 2. The van der Waals surface area contributed by atoms with Gasteiger partial charge in [0.1, 0.15) is 5.75 Å². The molecule has 0 atom stereocenters. The number of carbonyl (C=O) groups excluding carboxylic acids is 1. The average Bonchev–Trinajstić information content (AvgIpc) is 2.72. The van der Waals surface area contributed by atoms with Crippen molar-refractivity contribution in [2.75, 3.05) is 32.2 Å². The number of benzene rings is 2. The van der Waals surface area contributed by atoms with Gasteiger partial charge in [-0.05, 0) is 37.1 Å². The molecule has 1 heterocycles. The Morgan fingerprint density at radius 2 is 1.86 bits per heavy atom. The minimum Gasteiger partial charge on any atom is -0.496 e. The minimum absolute atomic E-state index is 0.0793. The van der Waals surface area contributed by atoms with E-state index in [4.69, 9.17) is 9.47 Å². The van der Waals surface area contributed by atoms with E-state index in [1.165, 1.54) is 12.1 Å². The predicted molar refractivity (Wildman–Crippen MR) is 103 cm³/mol. The molecule has 0 spiro atoms. The molecule has 8 heteroatoms. The van der Waals surface area contributed by atoms with E-state index in [2.05, 4.69) is 10.6 Å². The Labute approximate surface area is 167 Å². The third-order valence-electron chi connectivity index (χ3n) is 5.16. The number of urea groups is 1. The van der Waals surface area contributed by atoms with Crippen LogP contribution in [0.1, 0.15) is 24.0 Å². The van der Waals surface area contributed by atoms with E-state index in [1.807, 2.05) is 24.3 Å². The molecule has 0 aromatic heterocycles. The van der Waals surface area contributed by atoms with E-state index >= 15 is 0 Å². The van der Waals surface area contributed by atoms with E-state index in [1.54, 1.807) is 7.11 Å². The number of nitrogens with one attached hydrogen (secondary N) is 2. The van der Waals surface area contributed by atoms with E-state index in [-0.39, 0.29) is 11.1 Å². The summed E-state index contributed by atoms with van der Waals surface area (Å²) in [6.45, 7) is 1.41. The molecule has 0 saturated carbocycles. The predicted octanol–water partition coefficient (Wildman–Crippen LogP) is 4.58. The van der Waals surface area contributed by atoms with Gasteiger partial charge in [-0.1, -0.05) is 24.3 Å². The number of para-hydroxylation sites is 1. The summed E-state index contributed by atoms with van der Waals surface area (Å²) in [5, 5.41) is 5.29. The fourth-order valence-corrected chi connectivity index (χ4v) is 3.58. The topological polar surface area (TPSA) is 59.6 Å². The van der Waals surface area contributed by atoms with E-state index in [9.17, 15) is 18.0 Å². The summed E-state index contributed by atoms with van der Waals surface area (Å²) in [5.74, 6) is 0.731. The first-order valence-electron chi connectivity index (χ1n) is 9.27. The van der Waals surface area contributed by atoms with Crippen molar-refractivity contribution in [3.05, 3.63) is 59.7 Å². The van der Waals surface area contributed by atoms with Crippen LogP contribution in [0.3, 0.4) is 0 Å². The van der Waals surface area contributed by atoms with Crippen LogP contribution in [0.5, 0.6) is 5.75 Å². The summed E-state index contributed by atoms with van der Waals surface area (Å²) in [4.78, 5) is 12.4. The second-order valence-electron chi connectivity index (χ2n) is 6.98. The van der Waals surface area contributed by atoms with Crippen molar-refractivity contribution < 1.29 is 27.4 Å². The molecule has 3 rings (SSSR count). The molecule has 5 nitrogen and oxygen atoms in total. The van der Waals surface area contributed by atoms with Gasteiger partial charge in [-0.15, -0.1) is 0 Å². The third kappa shape index (κ3) is 5.00. The molecule has 1 aliphatic rings. The molecule has 2 N–H and O–H groups in total. The van der Waals surface area contributed by atoms with Gasteiger partial charge in [0.15, 0.2) is 0 Å². The highest BCUT2D eigenvalue weighted by Crippen LogP contribution is 2.39. The number of hydrogen-bond acceptors (Lipinski definition) is 3. The number of halogens is 3. The SMILES string of the molecule is COc1ccccc1C1(CNC(=O)Nc2cccc(C(F)(F)F)c2)CCOCC1. The Balaban J connectivity index is 1.73. The lowest BCUT2D eigenvalue weighted by atomic mass is 9.73. The van der Waals surface area contributed by atoms with Gasteiger partial charge < -0.3 is 20.1 Å². The zero-order valence-electron chi connectivity index (χ0n) is 16.0. The van der Waals surface area contributed by atoms with Crippen LogP contribution in [0.15, 0.2) is 48.5 Å². The van der Waals surface area contributed by atoms with Gasteiger partial charge in [0.25, 0.3) is 0 Å². The molecule has 2 amide bonds. The number of anilines is 1. The molecule has 0 aliphatic carbocycles. The number of carbonyl (C=O) groups is 1. The van der Waals surface area contributed by atoms with Gasteiger partial charge in [0, 0.05) is 36.4 Å². The number of amides is 2. The Bertz CT molecular complexity index is 849. The Morgan fingerprint density at radius 1 is 1.14 bits per heavy atom. The number of ether oxygens (including phenoxy) is 2. The maximum Gasteiger partial charge on any atom is 0.416 e. The second-order valence-corrected chi connectivity index (χ2v) is 6.98. The molecule has 156 valence electrons. The summed E-state index contributed by atoms with van der Waals surface area (Å²) >= 11 is 0. The third-order valence-corrected chi connectivity index (χ3v) is 5.16. The van der Waals surface area contributed by atoms with Crippen molar-refractivity contribution in [1.82, 2.24) is 5.32 Å². The molecular formula is C21H23F3N2O3. The molecule has 0 radical (unpaired) electrons. The lowest BCUT2D eigenvalue weighted by Gasteiger charge is -2.38. The average molecular weight is 408 g/mol. The summed E-state index contributed by atoms with van der Waals surface area (Å²) in [7, 11) is 1.60. The standard InChI is InChI=1S/C21H23F3N2O3/c1-28-18-8-3-2-7-17(18)20(9-11-29-12-10-20)14-25-19(27)26-16-6-4-5-15(13-16)21(22,23)24/h2-8,13H,9-12,14H2,1H3,(H2,25,26,27). The van der Waals surface area contributed by atoms with Crippen LogP contribution >= 0.6 is 0 Å². The largest absolute Gasteiger partial charge is 0.496 e. The molecule has 2 aromatic carbocycles. The lowest BCUT2D eigenvalue weighted by Crippen LogP contribution is -2.45. The second kappa shape index (κ2) is 8.73. The van der Waals surface area contributed by atoms with E-state index in [0.717, 1.165) is 23.4 Å². The summed E-state index contributed by atoms with van der Waals surface area (Å²) < 4.78 is 49.5. The van der Waals surface area contributed by atoms with Crippen LogP contribution in [0, 0.1) is 0 Å². The van der Waals surface area contributed by atoms with Crippen LogP contribution in [0.25, 0.3) is 0 Å². The van der Waals surface area contributed by atoms with Gasteiger partial charge >= 0.3 is 12.2 Å². The van der Waals surface area contributed by atoms with Crippen LogP contribution in [-0.2, 0) is 16.3 Å². The van der Waals surface area contributed by atoms with E-state index in [0.29, 0.717) is 32.6 Å². The van der Waals surface area contributed by atoms with Crippen molar-refractivity contribution in [3.8, 4) is 5.75 Å². The lowest BCUT2D eigenvalue weighted by molar-refractivity contribution is -0.137. The number of rotatable bonds is 5. The zero-order chi connectivity index (χ0) is 20.9. The first-order chi connectivity index (χ1) is 13.8. The maximum atomic E-state index is 12.9. The van der Waals surface area contributed by atoms with E-state index < -0.39 is 17.8 Å². The fourth-order valence-electron chi connectivity index (χ4n) is 3.58. The minimum atomic E-state index is -4.47. The first kappa shape index (κ1) is 21.0. The van der Waals surface area contributed by atoms with Crippen LogP contribution in [-0.4, -0.2) is 32.9 Å². The van der Waals surface area contributed by atoms with Gasteiger partial charge in [-0.3, -0.25) is 0 Å². The zero-order valence-corrected chi connectivity index (χ0v) is 16.0. The maximum absolute atomic E-state index is 12.9. The fraction of sp³-hybridized carbons (Fsp3) is 0.381. The molecule has 1 fully saturated rings. The number of alkyl halides is 3. The quantitative estimate of drug-likeness (QED) is 0.761.